The predicted molar refractivity (Wildman–Crippen MR) is 91.1 cm³/mol. The van der Waals surface area contributed by atoms with Gasteiger partial charge in [-0.3, -0.25) is 4.79 Å². The molecule has 2 rings (SSSR count). The molecule has 1 aliphatic rings. The minimum absolute atomic E-state index is 0.140. The molecule has 1 saturated heterocycles. The number of carbonyl (C=O) groups excluding carboxylic acids is 1. The van der Waals surface area contributed by atoms with Crippen molar-refractivity contribution in [3.05, 3.63) is 24.3 Å². The number of unbranched alkanes of at least 4 members (excludes halogenated alkanes) is 1. The monoisotopic (exact) mass is 337 g/mol. The van der Waals surface area contributed by atoms with Gasteiger partial charge in [-0.1, -0.05) is 13.3 Å². The van der Waals surface area contributed by atoms with Crippen LogP contribution in [0.3, 0.4) is 0 Å². The third-order valence-electron chi connectivity index (χ3n) is 3.67. The van der Waals surface area contributed by atoms with Crippen molar-refractivity contribution in [2.24, 2.45) is 4.40 Å². The van der Waals surface area contributed by atoms with Crippen molar-refractivity contribution in [3.8, 4) is 0 Å². The number of rotatable bonds is 6. The summed E-state index contributed by atoms with van der Waals surface area (Å²) in [6, 6.07) is 6.07. The lowest BCUT2D eigenvalue weighted by atomic mass is 10.3. The minimum Gasteiger partial charge on any atom is -0.359 e. The highest BCUT2D eigenvalue weighted by molar-refractivity contribution is 7.90. The zero-order valence-corrected chi connectivity index (χ0v) is 14.4. The number of hydrogen-bond donors (Lipinski definition) is 1. The number of amidine groups is 1. The quantitative estimate of drug-likeness (QED) is 0.865. The molecule has 126 valence electrons. The van der Waals surface area contributed by atoms with Crippen molar-refractivity contribution in [1.29, 1.82) is 0 Å². The molecular weight excluding hydrogens is 314 g/mol. The number of nitrogens with zero attached hydrogens (tertiary/aromatic N) is 2. The van der Waals surface area contributed by atoms with Crippen LogP contribution < -0.4 is 5.32 Å². The first-order valence-electron chi connectivity index (χ1n) is 7.89. The lowest BCUT2D eigenvalue weighted by molar-refractivity contribution is -0.114. The summed E-state index contributed by atoms with van der Waals surface area (Å²) in [5, 5.41) is 2.61. The number of benzene rings is 1. The average molecular weight is 337 g/mol. The van der Waals surface area contributed by atoms with Gasteiger partial charge in [-0.05, 0) is 37.1 Å². The van der Waals surface area contributed by atoms with E-state index < -0.39 is 10.0 Å². The normalized spacial score (nSPS) is 16.8. The summed E-state index contributed by atoms with van der Waals surface area (Å²) >= 11 is 0. The van der Waals surface area contributed by atoms with Crippen LogP contribution in [0.15, 0.2) is 33.6 Å². The van der Waals surface area contributed by atoms with Crippen molar-refractivity contribution in [2.75, 3.05) is 18.4 Å². The van der Waals surface area contributed by atoms with Crippen molar-refractivity contribution < 1.29 is 13.2 Å². The highest BCUT2D eigenvalue weighted by Crippen LogP contribution is 2.20. The smallest absolute Gasteiger partial charge is 0.283 e. The van der Waals surface area contributed by atoms with E-state index in [1.54, 1.807) is 12.1 Å². The molecule has 0 radical (unpaired) electrons. The summed E-state index contributed by atoms with van der Waals surface area (Å²) in [7, 11) is -3.71. The fourth-order valence-corrected chi connectivity index (χ4v) is 3.58. The van der Waals surface area contributed by atoms with E-state index in [1.165, 1.54) is 19.1 Å². The van der Waals surface area contributed by atoms with Gasteiger partial charge < -0.3 is 10.2 Å². The van der Waals surface area contributed by atoms with Crippen LogP contribution in [0.4, 0.5) is 5.69 Å². The van der Waals surface area contributed by atoms with E-state index in [-0.39, 0.29) is 10.8 Å². The Bertz CT molecular complexity index is 681. The molecule has 1 fully saturated rings. The maximum absolute atomic E-state index is 12.4. The van der Waals surface area contributed by atoms with Gasteiger partial charge in [0.1, 0.15) is 5.84 Å². The largest absolute Gasteiger partial charge is 0.359 e. The van der Waals surface area contributed by atoms with Crippen LogP contribution in [-0.4, -0.2) is 38.2 Å². The molecule has 0 aromatic heterocycles. The highest BCUT2D eigenvalue weighted by atomic mass is 32.2. The molecule has 0 bridgehead atoms. The van der Waals surface area contributed by atoms with Crippen molar-refractivity contribution in [1.82, 2.24) is 4.90 Å². The Morgan fingerprint density at radius 3 is 2.61 bits per heavy atom. The fourth-order valence-electron chi connectivity index (χ4n) is 2.51. The van der Waals surface area contributed by atoms with Crippen LogP contribution in [-0.2, 0) is 14.8 Å². The van der Waals surface area contributed by atoms with Crippen LogP contribution in [0.1, 0.15) is 39.5 Å². The van der Waals surface area contributed by atoms with Gasteiger partial charge in [-0.15, -0.1) is 4.40 Å². The van der Waals surface area contributed by atoms with Crippen LogP contribution in [0.5, 0.6) is 0 Å². The van der Waals surface area contributed by atoms with Crippen molar-refractivity contribution >= 4 is 27.5 Å². The molecule has 1 aromatic carbocycles. The summed E-state index contributed by atoms with van der Waals surface area (Å²) in [4.78, 5) is 13.2. The number of amides is 1. The van der Waals surface area contributed by atoms with Crippen LogP contribution in [0.2, 0.25) is 0 Å². The Morgan fingerprint density at radius 1 is 1.30 bits per heavy atom. The summed E-state index contributed by atoms with van der Waals surface area (Å²) in [5.41, 5.74) is 0.564. The number of nitrogens with one attached hydrogen (secondary N) is 1. The Balaban J connectivity index is 2.17. The molecule has 6 nitrogen and oxygen atoms in total. The molecule has 1 amide bonds. The fraction of sp³-hybridized carbons (Fsp3) is 0.500. The Morgan fingerprint density at radius 2 is 2.00 bits per heavy atom. The SMILES string of the molecule is CCCCN1CCC/C1=N\S(=O)(=O)c1ccc(NC(C)=O)cc1. The number of hydrogen-bond acceptors (Lipinski definition) is 3. The molecule has 0 atom stereocenters. The summed E-state index contributed by atoms with van der Waals surface area (Å²) in [6.45, 7) is 5.24. The number of likely N-dealkylation sites (tertiary alicyclic amines) is 1. The summed E-state index contributed by atoms with van der Waals surface area (Å²) in [5.74, 6) is 0.461. The molecule has 0 aliphatic carbocycles. The Kier molecular flexibility index (Phi) is 5.76. The number of carbonyl (C=O) groups is 1. The second-order valence-corrected chi connectivity index (χ2v) is 7.24. The second kappa shape index (κ2) is 7.59. The van der Waals surface area contributed by atoms with Gasteiger partial charge in [0.15, 0.2) is 0 Å². The second-order valence-electron chi connectivity index (χ2n) is 5.63. The maximum atomic E-state index is 12.4. The summed E-state index contributed by atoms with van der Waals surface area (Å²) in [6.07, 6.45) is 3.75. The van der Waals surface area contributed by atoms with Crippen LogP contribution in [0, 0.1) is 0 Å². The molecule has 1 aliphatic heterocycles. The molecule has 0 saturated carbocycles. The van der Waals surface area contributed by atoms with Crippen molar-refractivity contribution in [2.45, 2.75) is 44.4 Å². The van der Waals surface area contributed by atoms with E-state index in [2.05, 4.69) is 21.5 Å². The summed E-state index contributed by atoms with van der Waals surface area (Å²) < 4.78 is 28.9. The first-order valence-corrected chi connectivity index (χ1v) is 9.33. The molecule has 0 unspecified atom stereocenters. The van der Waals surface area contributed by atoms with Crippen LogP contribution >= 0.6 is 0 Å². The zero-order valence-electron chi connectivity index (χ0n) is 13.6. The third kappa shape index (κ3) is 4.79. The lowest BCUT2D eigenvalue weighted by Crippen LogP contribution is -2.26. The van der Waals surface area contributed by atoms with Gasteiger partial charge in [-0.2, -0.15) is 8.42 Å². The molecule has 0 spiro atoms. The van der Waals surface area contributed by atoms with E-state index in [0.29, 0.717) is 17.9 Å². The van der Waals surface area contributed by atoms with E-state index in [9.17, 15) is 13.2 Å². The van der Waals surface area contributed by atoms with E-state index in [1.807, 2.05) is 0 Å². The first kappa shape index (κ1) is 17.5. The molecule has 7 heteroatoms. The standard InChI is InChI=1S/C16H23N3O3S/c1-3-4-11-19-12-5-6-16(19)18-23(21,22)15-9-7-14(8-10-15)17-13(2)20/h7-10H,3-6,11-12H2,1-2H3,(H,17,20)/b18-16+. The number of sulfonamides is 1. The van der Waals surface area contributed by atoms with E-state index in [4.69, 9.17) is 0 Å². The van der Waals surface area contributed by atoms with Gasteiger partial charge in [0.2, 0.25) is 5.91 Å². The van der Waals surface area contributed by atoms with Gasteiger partial charge in [0.25, 0.3) is 10.0 Å². The van der Waals surface area contributed by atoms with Gasteiger partial charge in [0.05, 0.1) is 4.90 Å². The average Bonchev–Trinajstić information content (AvgIpc) is 2.91. The molecule has 1 heterocycles. The third-order valence-corrected chi connectivity index (χ3v) is 4.99. The lowest BCUT2D eigenvalue weighted by Gasteiger charge is -2.18. The van der Waals surface area contributed by atoms with Gasteiger partial charge in [-0.25, -0.2) is 0 Å². The molecular formula is C16H23N3O3S. The van der Waals surface area contributed by atoms with Crippen molar-refractivity contribution in [3.63, 3.8) is 0 Å². The van der Waals surface area contributed by atoms with Crippen LogP contribution in [0.25, 0.3) is 0 Å². The zero-order chi connectivity index (χ0) is 16.9. The van der Waals surface area contributed by atoms with E-state index in [0.717, 1.165) is 32.4 Å². The molecule has 1 N–H and O–H groups in total. The minimum atomic E-state index is -3.71. The highest BCUT2D eigenvalue weighted by Gasteiger charge is 2.22. The molecule has 1 aromatic rings. The maximum Gasteiger partial charge on any atom is 0.283 e. The topological polar surface area (TPSA) is 78.8 Å². The first-order chi connectivity index (χ1) is 10.9. The molecule has 23 heavy (non-hydrogen) atoms. The van der Waals surface area contributed by atoms with E-state index >= 15 is 0 Å². The number of anilines is 1. The van der Waals surface area contributed by atoms with Gasteiger partial charge in [0, 0.05) is 32.1 Å². The Labute approximate surface area is 137 Å². The predicted octanol–water partition coefficient (Wildman–Crippen LogP) is 2.63. The Hall–Kier alpha value is -1.89. The van der Waals surface area contributed by atoms with Gasteiger partial charge >= 0.3 is 0 Å².